The number of aromatic nitrogens is 3. The highest BCUT2D eigenvalue weighted by atomic mass is 32.2. The van der Waals surface area contributed by atoms with Gasteiger partial charge in [-0.05, 0) is 27.7 Å². The Morgan fingerprint density at radius 3 is 2.15 bits per heavy atom. The van der Waals surface area contributed by atoms with Crippen molar-refractivity contribution in [2.45, 2.75) is 38.9 Å². The second-order valence-corrected chi connectivity index (χ2v) is 7.82. The fourth-order valence-electron chi connectivity index (χ4n) is 1.59. The topological polar surface area (TPSA) is 86.6 Å². The van der Waals surface area contributed by atoms with Crippen molar-refractivity contribution in [3.63, 3.8) is 0 Å². The van der Waals surface area contributed by atoms with E-state index < -0.39 is 28.5 Å². The van der Waals surface area contributed by atoms with Crippen molar-refractivity contribution in [2.75, 3.05) is 14.1 Å². The molecule has 0 aromatic carbocycles. The second kappa shape index (κ2) is 4.52. The molecule has 1 aromatic heterocycles. The Labute approximate surface area is 119 Å². The standard InChI is InChI=1S/C10H19BN4O4S/c1-9(2)10(3,4)19-11(18-9)8-7-12-15(13-8)20(16,17)14(5)6/h7H,1-6H3. The molecule has 0 atom stereocenters. The first kappa shape index (κ1) is 15.4. The number of rotatable bonds is 3. The molecule has 1 fully saturated rings. The molecule has 2 rings (SSSR count). The zero-order valence-corrected chi connectivity index (χ0v) is 13.3. The fraction of sp³-hybridized carbons (Fsp3) is 0.800. The minimum atomic E-state index is -3.73. The summed E-state index contributed by atoms with van der Waals surface area (Å²) >= 11 is 0. The van der Waals surface area contributed by atoms with Gasteiger partial charge in [0.15, 0.2) is 0 Å². The van der Waals surface area contributed by atoms with Crippen LogP contribution < -0.4 is 5.59 Å². The van der Waals surface area contributed by atoms with Crippen LogP contribution in [0.5, 0.6) is 0 Å². The smallest absolute Gasteiger partial charge is 0.398 e. The molecule has 0 amide bonds. The van der Waals surface area contributed by atoms with Gasteiger partial charge in [-0.2, -0.15) is 12.7 Å². The molecule has 1 saturated heterocycles. The lowest BCUT2D eigenvalue weighted by molar-refractivity contribution is 0.00578. The van der Waals surface area contributed by atoms with Crippen LogP contribution in [0.1, 0.15) is 27.7 Å². The Balaban J connectivity index is 2.28. The lowest BCUT2D eigenvalue weighted by atomic mass is 9.86. The zero-order chi connectivity index (χ0) is 15.3. The van der Waals surface area contributed by atoms with Crippen LogP contribution in [0.4, 0.5) is 0 Å². The van der Waals surface area contributed by atoms with Crippen molar-refractivity contribution in [1.82, 2.24) is 18.7 Å². The third-order valence-corrected chi connectivity index (χ3v) is 5.16. The summed E-state index contributed by atoms with van der Waals surface area (Å²) in [5.41, 5.74) is -0.696. The van der Waals surface area contributed by atoms with Crippen LogP contribution >= 0.6 is 0 Å². The van der Waals surface area contributed by atoms with Crippen LogP contribution in [0.3, 0.4) is 0 Å². The van der Waals surface area contributed by atoms with Crippen LogP contribution in [0.15, 0.2) is 6.20 Å². The lowest BCUT2D eigenvalue weighted by Crippen LogP contribution is -2.41. The van der Waals surface area contributed by atoms with Crippen LogP contribution in [-0.4, -0.2) is 59.5 Å². The van der Waals surface area contributed by atoms with Gasteiger partial charge in [0, 0.05) is 14.1 Å². The Hall–Kier alpha value is -0.965. The van der Waals surface area contributed by atoms with E-state index in [-0.39, 0.29) is 0 Å². The van der Waals surface area contributed by atoms with E-state index >= 15 is 0 Å². The van der Waals surface area contributed by atoms with E-state index in [2.05, 4.69) is 10.2 Å². The van der Waals surface area contributed by atoms with E-state index in [4.69, 9.17) is 9.31 Å². The van der Waals surface area contributed by atoms with Crippen LogP contribution in [0.2, 0.25) is 0 Å². The summed E-state index contributed by atoms with van der Waals surface area (Å²) in [4.78, 5) is 0. The van der Waals surface area contributed by atoms with Crippen molar-refractivity contribution in [3.05, 3.63) is 6.20 Å². The molecular formula is C10H19BN4O4S. The quantitative estimate of drug-likeness (QED) is 0.682. The zero-order valence-electron chi connectivity index (χ0n) is 12.5. The molecule has 20 heavy (non-hydrogen) atoms. The molecule has 8 nitrogen and oxygen atoms in total. The number of hydrogen-bond acceptors (Lipinski definition) is 6. The first-order valence-corrected chi connectivity index (χ1v) is 7.58. The normalized spacial score (nSPS) is 21.6. The first-order chi connectivity index (χ1) is 8.97. The predicted molar refractivity (Wildman–Crippen MR) is 73.7 cm³/mol. The summed E-state index contributed by atoms with van der Waals surface area (Å²) in [5.74, 6) is 0. The minimum absolute atomic E-state index is 0.328. The van der Waals surface area contributed by atoms with Gasteiger partial charge in [-0.25, -0.2) is 0 Å². The number of hydrogen-bond donors (Lipinski definition) is 0. The maximum absolute atomic E-state index is 11.9. The Morgan fingerprint density at radius 2 is 1.70 bits per heavy atom. The molecule has 1 aliphatic heterocycles. The summed E-state index contributed by atoms with van der Waals surface area (Å²) in [6, 6.07) is 0. The summed E-state index contributed by atoms with van der Waals surface area (Å²) < 4.78 is 37.1. The molecule has 0 aliphatic carbocycles. The van der Waals surface area contributed by atoms with Crippen molar-refractivity contribution in [1.29, 1.82) is 0 Å². The monoisotopic (exact) mass is 302 g/mol. The molecule has 0 radical (unpaired) electrons. The SMILES string of the molecule is CN(C)S(=O)(=O)n1ncc(B2OC(C)(C)C(C)(C)O2)n1. The molecule has 0 N–H and O–H groups in total. The highest BCUT2D eigenvalue weighted by molar-refractivity contribution is 7.87. The second-order valence-electron chi connectivity index (χ2n) is 5.87. The van der Waals surface area contributed by atoms with E-state index in [9.17, 15) is 8.42 Å². The van der Waals surface area contributed by atoms with E-state index in [1.807, 2.05) is 27.7 Å². The van der Waals surface area contributed by atoms with Gasteiger partial charge in [0.2, 0.25) is 0 Å². The van der Waals surface area contributed by atoms with Gasteiger partial charge < -0.3 is 9.31 Å². The largest absolute Gasteiger partial charge is 0.518 e. The molecule has 10 heteroatoms. The van der Waals surface area contributed by atoms with Gasteiger partial charge in [0.1, 0.15) is 5.59 Å². The average molecular weight is 302 g/mol. The molecule has 1 aromatic rings. The van der Waals surface area contributed by atoms with Crippen LogP contribution in [0.25, 0.3) is 0 Å². The van der Waals surface area contributed by atoms with Crippen molar-refractivity contribution in [3.8, 4) is 0 Å². The summed E-state index contributed by atoms with van der Waals surface area (Å²) in [5, 5.41) is 7.71. The van der Waals surface area contributed by atoms with Gasteiger partial charge in [-0.1, -0.05) is 4.20 Å². The molecule has 2 heterocycles. The van der Waals surface area contributed by atoms with Gasteiger partial charge in [0.05, 0.1) is 17.4 Å². The van der Waals surface area contributed by atoms with E-state index in [0.717, 1.165) is 4.31 Å². The van der Waals surface area contributed by atoms with Crippen molar-refractivity contribution < 1.29 is 17.7 Å². The summed E-state index contributed by atoms with van der Waals surface area (Å²) in [7, 11) is -1.64. The summed E-state index contributed by atoms with van der Waals surface area (Å²) in [6.07, 6.45) is 1.34. The fourth-order valence-corrected chi connectivity index (χ4v) is 2.24. The van der Waals surface area contributed by atoms with Crippen LogP contribution in [0, 0.1) is 0 Å². The average Bonchev–Trinajstić information content (AvgIpc) is 2.82. The molecule has 112 valence electrons. The van der Waals surface area contributed by atoms with E-state index in [1.54, 1.807) is 0 Å². The van der Waals surface area contributed by atoms with Gasteiger partial charge in [0.25, 0.3) is 0 Å². The maximum Gasteiger partial charge on any atom is 0.518 e. The Bertz CT molecular complexity index is 595. The van der Waals surface area contributed by atoms with E-state index in [0.29, 0.717) is 9.80 Å². The maximum atomic E-state index is 11.9. The molecule has 0 saturated carbocycles. The molecule has 0 unspecified atom stereocenters. The highest BCUT2D eigenvalue weighted by Gasteiger charge is 2.53. The summed E-state index contributed by atoms with van der Waals surface area (Å²) in [6.45, 7) is 7.64. The minimum Gasteiger partial charge on any atom is -0.398 e. The van der Waals surface area contributed by atoms with Gasteiger partial charge >= 0.3 is 17.3 Å². The Morgan fingerprint density at radius 1 is 1.20 bits per heavy atom. The molecule has 0 bridgehead atoms. The van der Waals surface area contributed by atoms with E-state index in [1.165, 1.54) is 20.3 Å². The molecule has 1 aliphatic rings. The number of nitrogens with zero attached hydrogens (tertiary/aromatic N) is 4. The highest BCUT2D eigenvalue weighted by Crippen LogP contribution is 2.36. The first-order valence-electron chi connectivity index (χ1n) is 6.18. The third-order valence-electron chi connectivity index (χ3n) is 3.65. The molecular weight excluding hydrogens is 283 g/mol. The van der Waals surface area contributed by atoms with Crippen LogP contribution in [-0.2, 0) is 19.5 Å². The van der Waals surface area contributed by atoms with Gasteiger partial charge in [-0.15, -0.1) is 10.2 Å². The van der Waals surface area contributed by atoms with Crippen molar-refractivity contribution in [2.24, 2.45) is 0 Å². The predicted octanol–water partition coefficient (Wildman–Crippen LogP) is -0.768. The van der Waals surface area contributed by atoms with Crippen molar-refractivity contribution >= 4 is 22.9 Å². The third kappa shape index (κ3) is 2.37. The van der Waals surface area contributed by atoms with Gasteiger partial charge in [-0.3, -0.25) is 0 Å². The lowest BCUT2D eigenvalue weighted by Gasteiger charge is -2.32. The molecule has 0 spiro atoms. The Kier molecular flexibility index (Phi) is 3.48.